The summed E-state index contributed by atoms with van der Waals surface area (Å²) < 4.78 is 6.27. The van der Waals surface area contributed by atoms with Crippen LogP contribution in [-0.4, -0.2) is 43.6 Å². The molecule has 0 unspecified atom stereocenters. The van der Waals surface area contributed by atoms with Crippen molar-refractivity contribution in [2.45, 2.75) is 51.6 Å². The van der Waals surface area contributed by atoms with E-state index < -0.39 is 0 Å². The molecule has 4 saturated carbocycles. The smallest absolute Gasteiger partial charge is 0.228 e. The van der Waals surface area contributed by atoms with Gasteiger partial charge in [-0.25, -0.2) is 0 Å². The van der Waals surface area contributed by atoms with Crippen molar-refractivity contribution >= 4 is 11.6 Å². The molecule has 0 saturated heterocycles. The van der Waals surface area contributed by atoms with Crippen molar-refractivity contribution < 1.29 is 9.53 Å². The molecule has 1 atom stereocenters. The number of ether oxygens (including phenoxy) is 1. The molecule has 0 N–H and O–H groups in total. The molecule has 146 valence electrons. The van der Waals surface area contributed by atoms with Crippen LogP contribution in [0.1, 0.15) is 45.4 Å². The van der Waals surface area contributed by atoms with Gasteiger partial charge in [-0.15, -0.1) is 0 Å². The summed E-state index contributed by atoms with van der Waals surface area (Å²) in [7, 11) is 2.00. The van der Waals surface area contributed by atoms with Crippen molar-refractivity contribution in [3.05, 3.63) is 24.3 Å². The number of likely N-dealkylation sites (N-methyl/N-ethyl adjacent to an activating group) is 2. The molecular weight excluding hydrogens is 336 g/mol. The van der Waals surface area contributed by atoms with Crippen LogP contribution in [0, 0.1) is 23.2 Å². The van der Waals surface area contributed by atoms with Crippen molar-refractivity contribution in [2.75, 3.05) is 31.6 Å². The Morgan fingerprint density at radius 1 is 1.15 bits per heavy atom. The molecule has 1 aromatic rings. The van der Waals surface area contributed by atoms with Crippen LogP contribution >= 0.6 is 0 Å². The maximum absolute atomic E-state index is 13.5. The molecule has 1 aromatic carbocycles. The summed E-state index contributed by atoms with van der Waals surface area (Å²) in [6.07, 6.45) is 7.59. The predicted octanol–water partition coefficient (Wildman–Crippen LogP) is 3.95. The van der Waals surface area contributed by atoms with E-state index in [2.05, 4.69) is 24.0 Å². The third-order valence-corrected chi connectivity index (χ3v) is 7.62. The van der Waals surface area contributed by atoms with Crippen LogP contribution in [0.15, 0.2) is 24.3 Å². The number of anilines is 1. The van der Waals surface area contributed by atoms with Gasteiger partial charge in [0.25, 0.3) is 0 Å². The largest absolute Gasteiger partial charge is 0.485 e. The number of hydrogen-bond donors (Lipinski definition) is 0. The fourth-order valence-electron chi connectivity index (χ4n) is 6.94. The van der Waals surface area contributed by atoms with Crippen molar-refractivity contribution in [1.29, 1.82) is 0 Å². The number of amides is 1. The van der Waals surface area contributed by atoms with E-state index in [9.17, 15) is 4.79 Å². The molecule has 4 heteroatoms. The number of rotatable bonds is 4. The van der Waals surface area contributed by atoms with Crippen molar-refractivity contribution in [1.82, 2.24) is 4.90 Å². The summed E-state index contributed by atoms with van der Waals surface area (Å²) in [4.78, 5) is 17.9. The second kappa shape index (κ2) is 6.42. The summed E-state index contributed by atoms with van der Waals surface area (Å²) in [5.41, 5.74) is 1.12. The van der Waals surface area contributed by atoms with E-state index in [0.717, 1.165) is 55.9 Å². The molecule has 4 bridgehead atoms. The first-order valence-corrected chi connectivity index (χ1v) is 10.8. The molecule has 1 amide bonds. The third kappa shape index (κ3) is 2.92. The van der Waals surface area contributed by atoms with Gasteiger partial charge in [-0.2, -0.15) is 0 Å². The van der Waals surface area contributed by atoms with Crippen LogP contribution < -0.4 is 9.64 Å². The van der Waals surface area contributed by atoms with Crippen LogP contribution in [0.2, 0.25) is 0 Å². The molecule has 4 nitrogen and oxygen atoms in total. The molecule has 5 aliphatic rings. The number of nitrogens with zero attached hydrogens (tertiary/aromatic N) is 2. The molecule has 0 radical (unpaired) electrons. The molecule has 0 spiro atoms. The first-order valence-electron chi connectivity index (χ1n) is 10.8. The second-order valence-corrected chi connectivity index (χ2v) is 9.63. The van der Waals surface area contributed by atoms with Gasteiger partial charge in [0, 0.05) is 13.6 Å². The first-order chi connectivity index (χ1) is 13.1. The van der Waals surface area contributed by atoms with E-state index in [4.69, 9.17) is 4.74 Å². The summed E-state index contributed by atoms with van der Waals surface area (Å²) in [6, 6.07) is 8.26. The maximum atomic E-state index is 13.5. The highest BCUT2D eigenvalue weighted by Gasteiger charge is 2.55. The number of carbonyl (C=O) groups is 1. The van der Waals surface area contributed by atoms with E-state index >= 15 is 0 Å². The molecule has 27 heavy (non-hydrogen) atoms. The van der Waals surface area contributed by atoms with Crippen LogP contribution in [0.4, 0.5) is 5.69 Å². The Labute approximate surface area is 162 Å². The minimum atomic E-state index is -0.0550. The van der Waals surface area contributed by atoms with E-state index in [1.807, 2.05) is 24.1 Å². The van der Waals surface area contributed by atoms with Gasteiger partial charge in [-0.05, 0) is 75.3 Å². The predicted molar refractivity (Wildman–Crippen MR) is 107 cm³/mol. The van der Waals surface area contributed by atoms with Gasteiger partial charge < -0.3 is 14.5 Å². The standard InChI is InChI=1S/C23H32N2O2/c1-3-25-15-19(27-21-7-5-4-6-20(21)25)14-24(2)22(26)23-11-16-8-17(12-23)10-18(9-16)13-23/h4-7,16-19H,3,8-15H2,1-2H3/t16?,17?,18?,19-,23?/m0/s1. The summed E-state index contributed by atoms with van der Waals surface area (Å²) >= 11 is 0. The van der Waals surface area contributed by atoms with Crippen LogP contribution in [0.3, 0.4) is 0 Å². The fourth-order valence-corrected chi connectivity index (χ4v) is 6.94. The zero-order chi connectivity index (χ0) is 18.6. The van der Waals surface area contributed by atoms with Crippen molar-refractivity contribution in [3.8, 4) is 5.75 Å². The number of hydrogen-bond acceptors (Lipinski definition) is 3. The third-order valence-electron chi connectivity index (χ3n) is 7.62. The summed E-state index contributed by atoms with van der Waals surface area (Å²) in [5, 5.41) is 0. The molecule has 0 aromatic heterocycles. The van der Waals surface area contributed by atoms with Crippen molar-refractivity contribution in [2.24, 2.45) is 23.2 Å². The van der Waals surface area contributed by atoms with Crippen LogP contribution in [-0.2, 0) is 4.79 Å². The number of benzene rings is 1. The Bertz CT molecular complexity index is 696. The van der Waals surface area contributed by atoms with Gasteiger partial charge in [0.05, 0.1) is 24.2 Å². The molecule has 4 aliphatic carbocycles. The Morgan fingerprint density at radius 2 is 1.78 bits per heavy atom. The van der Waals surface area contributed by atoms with Crippen LogP contribution in [0.25, 0.3) is 0 Å². The maximum Gasteiger partial charge on any atom is 0.228 e. The Balaban J connectivity index is 1.30. The summed E-state index contributed by atoms with van der Waals surface area (Å²) in [6.45, 7) is 4.68. The Kier molecular flexibility index (Phi) is 4.14. The Hall–Kier alpha value is -1.71. The van der Waals surface area contributed by atoms with Crippen molar-refractivity contribution in [3.63, 3.8) is 0 Å². The highest BCUT2D eigenvalue weighted by atomic mass is 16.5. The topological polar surface area (TPSA) is 32.8 Å². The zero-order valence-electron chi connectivity index (χ0n) is 16.7. The Morgan fingerprint density at radius 3 is 2.41 bits per heavy atom. The highest BCUT2D eigenvalue weighted by Crippen LogP contribution is 2.60. The molecule has 6 rings (SSSR count). The average Bonchev–Trinajstić information content (AvgIpc) is 2.65. The summed E-state index contributed by atoms with van der Waals surface area (Å²) in [5.74, 6) is 3.77. The zero-order valence-corrected chi connectivity index (χ0v) is 16.7. The van der Waals surface area contributed by atoms with E-state index in [1.165, 1.54) is 24.9 Å². The molecule has 1 aliphatic heterocycles. The average molecular weight is 369 g/mol. The number of carbonyl (C=O) groups excluding carboxylic acids is 1. The van der Waals surface area contributed by atoms with E-state index in [-0.39, 0.29) is 11.5 Å². The quantitative estimate of drug-likeness (QED) is 0.807. The second-order valence-electron chi connectivity index (χ2n) is 9.63. The SMILES string of the molecule is CCN1C[C@H](CN(C)C(=O)C23CC4CC(CC(C4)C2)C3)Oc2ccccc21. The number of para-hydroxylation sites is 2. The highest BCUT2D eigenvalue weighted by molar-refractivity contribution is 5.83. The van der Waals surface area contributed by atoms with E-state index in [1.54, 1.807) is 0 Å². The van der Waals surface area contributed by atoms with Gasteiger partial charge in [0.15, 0.2) is 0 Å². The molecular formula is C23H32N2O2. The number of fused-ring (bicyclic) bond motifs is 1. The van der Waals surface area contributed by atoms with Crippen LogP contribution in [0.5, 0.6) is 5.75 Å². The molecule has 1 heterocycles. The van der Waals surface area contributed by atoms with Gasteiger partial charge in [-0.3, -0.25) is 4.79 Å². The molecule has 4 fully saturated rings. The lowest BCUT2D eigenvalue weighted by molar-refractivity contribution is -0.157. The first kappa shape index (κ1) is 17.4. The normalized spacial score (nSPS) is 36.3. The van der Waals surface area contributed by atoms with E-state index in [0.29, 0.717) is 12.5 Å². The minimum Gasteiger partial charge on any atom is -0.485 e. The van der Waals surface area contributed by atoms with Gasteiger partial charge in [0.2, 0.25) is 5.91 Å². The lowest BCUT2D eigenvalue weighted by Crippen LogP contribution is -2.56. The lowest BCUT2D eigenvalue weighted by atomic mass is 9.49. The van der Waals surface area contributed by atoms with Gasteiger partial charge in [-0.1, -0.05) is 12.1 Å². The van der Waals surface area contributed by atoms with Gasteiger partial charge in [0.1, 0.15) is 11.9 Å². The van der Waals surface area contributed by atoms with Gasteiger partial charge >= 0.3 is 0 Å². The fraction of sp³-hybridized carbons (Fsp3) is 0.696. The monoisotopic (exact) mass is 368 g/mol. The lowest BCUT2D eigenvalue weighted by Gasteiger charge is -2.56. The minimum absolute atomic E-state index is 0.0442.